The number of halogens is 2. The van der Waals surface area contributed by atoms with Crippen LogP contribution in [0, 0.1) is 11.7 Å². The summed E-state index contributed by atoms with van der Waals surface area (Å²) in [5.41, 5.74) is 1.64. The van der Waals surface area contributed by atoms with Crippen LogP contribution in [0.3, 0.4) is 0 Å². The van der Waals surface area contributed by atoms with Gasteiger partial charge in [0.25, 0.3) is 0 Å². The fourth-order valence-corrected chi connectivity index (χ4v) is 5.60. The Kier molecular flexibility index (Phi) is 5.83. The predicted molar refractivity (Wildman–Crippen MR) is 114 cm³/mol. The van der Waals surface area contributed by atoms with Gasteiger partial charge in [0.1, 0.15) is 16.9 Å². The van der Waals surface area contributed by atoms with Gasteiger partial charge in [-0.15, -0.1) is 11.8 Å². The number of benzene rings is 2. The van der Waals surface area contributed by atoms with E-state index in [4.69, 9.17) is 4.74 Å². The van der Waals surface area contributed by atoms with E-state index >= 15 is 0 Å². The third-order valence-electron chi connectivity index (χ3n) is 5.25. The second kappa shape index (κ2) is 8.36. The Labute approximate surface area is 181 Å². The molecule has 2 aliphatic rings. The molecule has 0 radical (unpaired) electrons. The van der Waals surface area contributed by atoms with Crippen LogP contribution in [0.25, 0.3) is 0 Å². The molecule has 0 saturated carbocycles. The van der Waals surface area contributed by atoms with Gasteiger partial charge in [-0.2, -0.15) is 0 Å². The molecule has 152 valence electrons. The van der Waals surface area contributed by atoms with E-state index in [0.29, 0.717) is 18.8 Å². The van der Waals surface area contributed by atoms with E-state index in [-0.39, 0.29) is 29.4 Å². The van der Waals surface area contributed by atoms with Crippen LogP contribution in [0.5, 0.6) is 5.75 Å². The monoisotopic (exact) mass is 478 g/mol. The van der Waals surface area contributed by atoms with E-state index in [1.54, 1.807) is 35.9 Å². The van der Waals surface area contributed by atoms with E-state index in [2.05, 4.69) is 15.9 Å². The SMILES string of the molecule is COc1ccc(C2SCCN2C(=O)C2CC(=O)N(c3ccc(F)cc3)C2)cc1Br. The highest BCUT2D eigenvalue weighted by atomic mass is 79.9. The highest BCUT2D eigenvalue weighted by Gasteiger charge is 2.41. The van der Waals surface area contributed by atoms with Crippen molar-refractivity contribution in [3.8, 4) is 5.75 Å². The smallest absolute Gasteiger partial charge is 0.229 e. The standard InChI is InChI=1S/C21H20BrFN2O3S/c1-28-18-7-2-13(10-17(18)22)21-24(8-9-29-21)20(27)14-11-19(26)25(12-14)16-5-3-15(23)4-6-16/h2-7,10,14,21H,8-9,11-12H2,1H3. The molecule has 8 heteroatoms. The normalized spacial score (nSPS) is 21.7. The minimum Gasteiger partial charge on any atom is -0.496 e. The van der Waals surface area contributed by atoms with Gasteiger partial charge >= 0.3 is 0 Å². The lowest BCUT2D eigenvalue weighted by Crippen LogP contribution is -2.37. The second-order valence-corrected chi connectivity index (χ2v) is 9.07. The molecule has 0 aliphatic carbocycles. The number of amides is 2. The molecule has 2 aromatic carbocycles. The lowest BCUT2D eigenvalue weighted by Gasteiger charge is -2.27. The molecule has 29 heavy (non-hydrogen) atoms. The van der Waals surface area contributed by atoms with Crippen LogP contribution in [0.15, 0.2) is 46.9 Å². The molecule has 2 atom stereocenters. The zero-order valence-electron chi connectivity index (χ0n) is 15.8. The lowest BCUT2D eigenvalue weighted by atomic mass is 10.1. The molecule has 2 aromatic rings. The van der Waals surface area contributed by atoms with Gasteiger partial charge < -0.3 is 14.5 Å². The Hall–Kier alpha value is -2.06. The number of anilines is 1. The van der Waals surface area contributed by atoms with Crippen LogP contribution in [0.2, 0.25) is 0 Å². The Morgan fingerprint density at radius 2 is 2.00 bits per heavy atom. The third-order valence-corrected chi connectivity index (χ3v) is 7.13. The number of rotatable bonds is 4. The highest BCUT2D eigenvalue weighted by molar-refractivity contribution is 9.10. The Balaban J connectivity index is 1.50. The maximum absolute atomic E-state index is 13.3. The van der Waals surface area contributed by atoms with Crippen LogP contribution >= 0.6 is 27.7 Å². The number of hydrogen-bond donors (Lipinski definition) is 0. The summed E-state index contributed by atoms with van der Waals surface area (Å²) in [4.78, 5) is 29.2. The van der Waals surface area contributed by atoms with Crippen LogP contribution in [0.4, 0.5) is 10.1 Å². The minimum absolute atomic E-state index is 0.00935. The number of ether oxygens (including phenoxy) is 1. The Morgan fingerprint density at radius 1 is 1.24 bits per heavy atom. The first kappa shape index (κ1) is 20.2. The zero-order chi connectivity index (χ0) is 20.5. The molecule has 2 heterocycles. The number of methoxy groups -OCH3 is 1. The van der Waals surface area contributed by atoms with Crippen molar-refractivity contribution in [2.45, 2.75) is 11.8 Å². The molecule has 2 fully saturated rings. The molecule has 2 unspecified atom stereocenters. The summed E-state index contributed by atoms with van der Waals surface area (Å²) in [6.07, 6.45) is 0.177. The van der Waals surface area contributed by atoms with Crippen molar-refractivity contribution in [3.05, 3.63) is 58.3 Å². The van der Waals surface area contributed by atoms with E-state index in [1.165, 1.54) is 12.1 Å². The van der Waals surface area contributed by atoms with E-state index in [9.17, 15) is 14.0 Å². The molecule has 5 nitrogen and oxygen atoms in total. The van der Waals surface area contributed by atoms with E-state index < -0.39 is 5.92 Å². The van der Waals surface area contributed by atoms with Crippen LogP contribution in [-0.4, -0.2) is 42.7 Å². The molecular weight excluding hydrogens is 459 g/mol. The van der Waals surface area contributed by atoms with Crippen LogP contribution < -0.4 is 9.64 Å². The summed E-state index contributed by atoms with van der Waals surface area (Å²) >= 11 is 5.22. The first-order valence-electron chi connectivity index (χ1n) is 9.29. The van der Waals surface area contributed by atoms with E-state index in [1.807, 2.05) is 23.1 Å². The molecule has 0 bridgehead atoms. The predicted octanol–water partition coefficient (Wildman–Crippen LogP) is 4.22. The first-order chi connectivity index (χ1) is 14.0. The number of hydrogen-bond acceptors (Lipinski definition) is 4. The molecular formula is C21H20BrFN2O3S. The summed E-state index contributed by atoms with van der Waals surface area (Å²) in [5.74, 6) is 0.732. The van der Waals surface area contributed by atoms with E-state index in [0.717, 1.165) is 21.5 Å². The first-order valence-corrected chi connectivity index (χ1v) is 11.1. The van der Waals surface area contributed by atoms with Crippen molar-refractivity contribution in [2.24, 2.45) is 5.92 Å². The van der Waals surface area contributed by atoms with Gasteiger partial charge in [0, 0.05) is 31.0 Å². The average Bonchev–Trinajstić information content (AvgIpc) is 3.35. The van der Waals surface area contributed by atoms with Crippen molar-refractivity contribution < 1.29 is 18.7 Å². The molecule has 2 aliphatic heterocycles. The number of thioether (sulfide) groups is 1. The summed E-state index contributed by atoms with van der Waals surface area (Å²) in [6.45, 7) is 0.975. The molecule has 4 rings (SSSR count). The van der Waals surface area contributed by atoms with Crippen molar-refractivity contribution in [3.63, 3.8) is 0 Å². The van der Waals surface area contributed by atoms with Gasteiger partial charge in [0.15, 0.2) is 0 Å². The Bertz CT molecular complexity index is 940. The number of nitrogens with zero attached hydrogens (tertiary/aromatic N) is 2. The average molecular weight is 479 g/mol. The fraction of sp³-hybridized carbons (Fsp3) is 0.333. The summed E-state index contributed by atoms with van der Waals surface area (Å²) in [7, 11) is 1.61. The number of carbonyl (C=O) groups is 2. The maximum atomic E-state index is 13.3. The van der Waals surface area contributed by atoms with Gasteiger partial charge in [-0.05, 0) is 57.9 Å². The fourth-order valence-electron chi connectivity index (χ4n) is 3.79. The van der Waals surface area contributed by atoms with Crippen molar-refractivity contribution >= 4 is 45.2 Å². The molecule has 2 saturated heterocycles. The largest absolute Gasteiger partial charge is 0.496 e. The van der Waals surface area contributed by atoms with Crippen molar-refractivity contribution in [1.82, 2.24) is 4.90 Å². The quantitative estimate of drug-likeness (QED) is 0.659. The summed E-state index contributed by atoms with van der Waals surface area (Å²) in [5, 5.41) is -0.0836. The molecule has 2 amide bonds. The van der Waals surface area contributed by atoms with Crippen LogP contribution in [0.1, 0.15) is 17.4 Å². The van der Waals surface area contributed by atoms with Gasteiger partial charge in [0.05, 0.1) is 17.5 Å². The second-order valence-electron chi connectivity index (χ2n) is 7.03. The lowest BCUT2D eigenvalue weighted by molar-refractivity contribution is -0.136. The van der Waals surface area contributed by atoms with Gasteiger partial charge in [-0.3, -0.25) is 9.59 Å². The Morgan fingerprint density at radius 3 is 2.69 bits per heavy atom. The van der Waals surface area contributed by atoms with Gasteiger partial charge in [-0.1, -0.05) is 6.07 Å². The molecule has 0 N–H and O–H groups in total. The highest BCUT2D eigenvalue weighted by Crippen LogP contribution is 2.41. The van der Waals surface area contributed by atoms with Gasteiger partial charge in [-0.25, -0.2) is 4.39 Å². The maximum Gasteiger partial charge on any atom is 0.229 e. The van der Waals surface area contributed by atoms with Crippen molar-refractivity contribution in [2.75, 3.05) is 30.9 Å². The summed E-state index contributed by atoms with van der Waals surface area (Å²) < 4.78 is 19.3. The zero-order valence-corrected chi connectivity index (χ0v) is 18.2. The van der Waals surface area contributed by atoms with Crippen molar-refractivity contribution in [1.29, 1.82) is 0 Å². The third kappa shape index (κ3) is 4.00. The van der Waals surface area contributed by atoms with Gasteiger partial charge in [0.2, 0.25) is 11.8 Å². The molecule has 0 spiro atoms. The molecule has 0 aromatic heterocycles. The number of carbonyl (C=O) groups excluding carboxylic acids is 2. The van der Waals surface area contributed by atoms with Crippen LogP contribution in [-0.2, 0) is 9.59 Å². The topological polar surface area (TPSA) is 49.9 Å². The minimum atomic E-state index is -0.393. The summed E-state index contributed by atoms with van der Waals surface area (Å²) in [6, 6.07) is 11.6.